The summed E-state index contributed by atoms with van der Waals surface area (Å²) < 4.78 is 13.7. The van der Waals surface area contributed by atoms with Crippen molar-refractivity contribution in [3.8, 4) is 0 Å². The zero-order valence-corrected chi connectivity index (χ0v) is 9.96. The molecule has 3 heteroatoms. The summed E-state index contributed by atoms with van der Waals surface area (Å²) in [6.45, 7) is 4.00. The van der Waals surface area contributed by atoms with Crippen LogP contribution >= 0.6 is 0 Å². The molecular weight excluding hydrogens is 203 g/mol. The van der Waals surface area contributed by atoms with Crippen LogP contribution in [0.5, 0.6) is 0 Å². The van der Waals surface area contributed by atoms with Crippen molar-refractivity contribution in [3.05, 3.63) is 30.1 Å². The van der Waals surface area contributed by atoms with Gasteiger partial charge in [0.15, 0.2) is 0 Å². The number of hydrogen-bond acceptors (Lipinski definition) is 2. The maximum Gasteiger partial charge on any atom is 0.146 e. The number of anilines is 1. The van der Waals surface area contributed by atoms with Crippen LogP contribution in [0.3, 0.4) is 0 Å². The Labute approximate surface area is 96.5 Å². The van der Waals surface area contributed by atoms with E-state index in [1.807, 2.05) is 19.2 Å². The standard InChI is InChI=1S/C13H19FN2/c1-13(15-2)8-5-9-16(10-13)12-7-4-3-6-11(12)14/h3-4,6-7,15H,5,8-10H2,1-2H3. The lowest BCUT2D eigenvalue weighted by atomic mass is 9.91. The molecule has 0 bridgehead atoms. The highest BCUT2D eigenvalue weighted by Crippen LogP contribution is 2.27. The third-order valence-electron chi connectivity index (χ3n) is 3.49. The number of benzene rings is 1. The number of nitrogens with zero attached hydrogens (tertiary/aromatic N) is 1. The third-order valence-corrected chi connectivity index (χ3v) is 3.49. The summed E-state index contributed by atoms with van der Waals surface area (Å²) in [4.78, 5) is 2.13. The number of para-hydroxylation sites is 1. The first-order valence-corrected chi connectivity index (χ1v) is 5.83. The highest BCUT2D eigenvalue weighted by Gasteiger charge is 2.30. The van der Waals surface area contributed by atoms with E-state index in [1.165, 1.54) is 6.07 Å². The minimum absolute atomic E-state index is 0.0977. The maximum atomic E-state index is 13.7. The van der Waals surface area contributed by atoms with Gasteiger partial charge >= 0.3 is 0 Å². The minimum atomic E-state index is -0.122. The van der Waals surface area contributed by atoms with Crippen LogP contribution in [0, 0.1) is 5.82 Å². The van der Waals surface area contributed by atoms with Crippen LogP contribution in [0.25, 0.3) is 0 Å². The summed E-state index contributed by atoms with van der Waals surface area (Å²) in [6, 6.07) is 7.02. The number of likely N-dealkylation sites (N-methyl/N-ethyl adjacent to an activating group) is 1. The molecule has 1 N–H and O–H groups in total. The Hall–Kier alpha value is -1.09. The smallest absolute Gasteiger partial charge is 0.146 e. The molecule has 0 radical (unpaired) electrons. The molecule has 1 unspecified atom stereocenters. The molecule has 0 aliphatic carbocycles. The van der Waals surface area contributed by atoms with E-state index in [-0.39, 0.29) is 11.4 Å². The van der Waals surface area contributed by atoms with Crippen LogP contribution in [0.2, 0.25) is 0 Å². The van der Waals surface area contributed by atoms with Gasteiger partial charge in [0, 0.05) is 18.6 Å². The molecule has 1 saturated heterocycles. The lowest BCUT2D eigenvalue weighted by molar-refractivity contribution is 0.315. The van der Waals surface area contributed by atoms with Gasteiger partial charge in [0.05, 0.1) is 5.69 Å². The number of halogens is 1. The SMILES string of the molecule is CNC1(C)CCCN(c2ccccc2F)C1. The summed E-state index contributed by atoms with van der Waals surface area (Å²) in [5, 5.41) is 3.34. The van der Waals surface area contributed by atoms with E-state index >= 15 is 0 Å². The van der Waals surface area contributed by atoms with Crippen molar-refractivity contribution in [2.75, 3.05) is 25.0 Å². The van der Waals surface area contributed by atoms with Crippen molar-refractivity contribution < 1.29 is 4.39 Å². The number of rotatable bonds is 2. The topological polar surface area (TPSA) is 15.3 Å². The minimum Gasteiger partial charge on any atom is -0.367 e. The van der Waals surface area contributed by atoms with E-state index in [4.69, 9.17) is 0 Å². The van der Waals surface area contributed by atoms with Crippen LogP contribution in [-0.2, 0) is 0 Å². The Morgan fingerprint density at radius 2 is 2.12 bits per heavy atom. The van der Waals surface area contributed by atoms with Crippen LogP contribution < -0.4 is 10.2 Å². The molecule has 1 atom stereocenters. The van der Waals surface area contributed by atoms with Gasteiger partial charge in [0.2, 0.25) is 0 Å². The van der Waals surface area contributed by atoms with E-state index in [1.54, 1.807) is 6.07 Å². The first-order chi connectivity index (χ1) is 7.64. The Kier molecular flexibility index (Phi) is 3.15. The Morgan fingerprint density at radius 3 is 2.81 bits per heavy atom. The van der Waals surface area contributed by atoms with Crippen LogP contribution in [0.15, 0.2) is 24.3 Å². The van der Waals surface area contributed by atoms with Crippen LogP contribution in [0.4, 0.5) is 10.1 Å². The second-order valence-electron chi connectivity index (χ2n) is 4.79. The molecule has 2 rings (SSSR count). The van der Waals surface area contributed by atoms with Crippen molar-refractivity contribution in [1.29, 1.82) is 0 Å². The molecule has 0 saturated carbocycles. The molecule has 88 valence electrons. The Morgan fingerprint density at radius 1 is 1.38 bits per heavy atom. The summed E-state index contributed by atoms with van der Waals surface area (Å²) in [5.41, 5.74) is 0.823. The highest BCUT2D eigenvalue weighted by molar-refractivity contribution is 5.48. The second kappa shape index (κ2) is 4.42. The van der Waals surface area contributed by atoms with Gasteiger partial charge in [-0.1, -0.05) is 12.1 Å². The summed E-state index contributed by atoms with van der Waals surface area (Å²) in [7, 11) is 1.98. The summed E-state index contributed by atoms with van der Waals surface area (Å²) >= 11 is 0. The highest BCUT2D eigenvalue weighted by atomic mass is 19.1. The van der Waals surface area contributed by atoms with E-state index in [2.05, 4.69) is 17.1 Å². The van der Waals surface area contributed by atoms with Crippen molar-refractivity contribution >= 4 is 5.69 Å². The number of piperidine rings is 1. The molecule has 1 aromatic rings. The first-order valence-electron chi connectivity index (χ1n) is 5.83. The fourth-order valence-corrected chi connectivity index (χ4v) is 2.36. The van der Waals surface area contributed by atoms with Gasteiger partial charge in [-0.25, -0.2) is 4.39 Å². The molecular formula is C13H19FN2. The second-order valence-corrected chi connectivity index (χ2v) is 4.79. The lowest BCUT2D eigenvalue weighted by Gasteiger charge is -2.41. The molecule has 1 fully saturated rings. The Balaban J connectivity index is 2.19. The quantitative estimate of drug-likeness (QED) is 0.826. The van der Waals surface area contributed by atoms with E-state index < -0.39 is 0 Å². The van der Waals surface area contributed by atoms with Gasteiger partial charge < -0.3 is 10.2 Å². The molecule has 16 heavy (non-hydrogen) atoms. The van der Waals surface area contributed by atoms with E-state index in [0.29, 0.717) is 0 Å². The van der Waals surface area contributed by atoms with E-state index in [0.717, 1.165) is 31.6 Å². The molecule has 1 heterocycles. The summed E-state index contributed by atoms with van der Waals surface area (Å²) in [6.07, 6.45) is 2.25. The van der Waals surface area contributed by atoms with Crippen molar-refractivity contribution in [2.45, 2.75) is 25.3 Å². The fraction of sp³-hybridized carbons (Fsp3) is 0.538. The van der Waals surface area contributed by atoms with Crippen molar-refractivity contribution in [2.24, 2.45) is 0 Å². The van der Waals surface area contributed by atoms with Crippen LogP contribution in [-0.4, -0.2) is 25.7 Å². The average molecular weight is 222 g/mol. The van der Waals surface area contributed by atoms with Gasteiger partial charge in [-0.3, -0.25) is 0 Å². The predicted octanol–water partition coefficient (Wildman–Crippen LogP) is 2.40. The van der Waals surface area contributed by atoms with Gasteiger partial charge in [0.25, 0.3) is 0 Å². The van der Waals surface area contributed by atoms with Gasteiger partial charge in [-0.05, 0) is 38.9 Å². The molecule has 1 aromatic carbocycles. The van der Waals surface area contributed by atoms with Crippen LogP contribution in [0.1, 0.15) is 19.8 Å². The lowest BCUT2D eigenvalue weighted by Crippen LogP contribution is -2.54. The monoisotopic (exact) mass is 222 g/mol. The number of nitrogens with one attached hydrogen (secondary N) is 1. The third kappa shape index (κ3) is 2.19. The molecule has 1 aliphatic heterocycles. The van der Waals surface area contributed by atoms with E-state index in [9.17, 15) is 4.39 Å². The van der Waals surface area contributed by atoms with Gasteiger partial charge in [-0.15, -0.1) is 0 Å². The average Bonchev–Trinajstić information content (AvgIpc) is 2.30. The molecule has 0 amide bonds. The molecule has 0 spiro atoms. The fourth-order valence-electron chi connectivity index (χ4n) is 2.36. The number of hydrogen-bond donors (Lipinski definition) is 1. The van der Waals surface area contributed by atoms with Gasteiger partial charge in [-0.2, -0.15) is 0 Å². The molecule has 1 aliphatic rings. The molecule has 2 nitrogen and oxygen atoms in total. The first kappa shape index (κ1) is 11.4. The van der Waals surface area contributed by atoms with Crippen molar-refractivity contribution in [3.63, 3.8) is 0 Å². The zero-order chi connectivity index (χ0) is 11.6. The van der Waals surface area contributed by atoms with Gasteiger partial charge in [0.1, 0.15) is 5.82 Å². The van der Waals surface area contributed by atoms with Crippen molar-refractivity contribution in [1.82, 2.24) is 5.32 Å². The predicted molar refractivity (Wildman–Crippen MR) is 65.3 cm³/mol. The zero-order valence-electron chi connectivity index (χ0n) is 9.96. The largest absolute Gasteiger partial charge is 0.367 e. The normalized spacial score (nSPS) is 25.8. The summed E-state index contributed by atoms with van der Waals surface area (Å²) in [5.74, 6) is -0.122. The Bertz CT molecular complexity index is 367. The maximum absolute atomic E-state index is 13.7. The molecule has 0 aromatic heterocycles.